The van der Waals surface area contributed by atoms with Crippen LogP contribution in [0.3, 0.4) is 0 Å². The Balaban J connectivity index is 2.51. The molecule has 1 aliphatic rings. The van der Waals surface area contributed by atoms with Gasteiger partial charge in [-0.2, -0.15) is 0 Å². The molecular weight excluding hydrogens is 226 g/mol. The summed E-state index contributed by atoms with van der Waals surface area (Å²) in [6, 6.07) is 0.934. The summed E-state index contributed by atoms with van der Waals surface area (Å²) in [5, 5.41) is 0. The number of hydrogen-bond acceptors (Lipinski definition) is 3. The van der Waals surface area contributed by atoms with Crippen LogP contribution in [0.1, 0.15) is 33.6 Å². The molecule has 0 bridgehead atoms. The third-order valence-corrected chi connectivity index (χ3v) is 3.72. The molecule has 1 heterocycles. The van der Waals surface area contributed by atoms with E-state index < -0.39 is 0 Å². The van der Waals surface area contributed by atoms with Crippen LogP contribution < -0.4 is 0 Å². The molecule has 2 atom stereocenters. The summed E-state index contributed by atoms with van der Waals surface area (Å²) in [6.07, 6.45) is 1.64. The van der Waals surface area contributed by atoms with E-state index in [0.29, 0.717) is 24.4 Å². The molecule has 0 saturated carbocycles. The van der Waals surface area contributed by atoms with Gasteiger partial charge in [0.1, 0.15) is 0 Å². The van der Waals surface area contributed by atoms with E-state index >= 15 is 0 Å². The monoisotopic (exact) mass is 255 g/mol. The molecule has 0 N–H and O–H groups in total. The van der Waals surface area contributed by atoms with Crippen LogP contribution in [-0.4, -0.2) is 73.0 Å². The zero-order valence-corrected chi connectivity index (χ0v) is 12.6. The molecule has 0 spiro atoms. The number of carbonyl (C=O) groups excluding carboxylic acids is 1. The number of hydrogen-bond donors (Lipinski definition) is 0. The van der Waals surface area contributed by atoms with E-state index in [-0.39, 0.29) is 0 Å². The smallest absolute Gasteiger partial charge is 0.222 e. The Kier molecular flexibility index (Phi) is 6.09. The first-order valence-electron chi connectivity index (χ1n) is 7.14. The maximum absolute atomic E-state index is 12.0. The molecule has 0 aromatic carbocycles. The van der Waals surface area contributed by atoms with Gasteiger partial charge in [-0.3, -0.25) is 9.69 Å². The van der Waals surface area contributed by atoms with Gasteiger partial charge in [0.05, 0.1) is 0 Å². The van der Waals surface area contributed by atoms with E-state index in [9.17, 15) is 4.79 Å². The average Bonchev–Trinajstić information content (AvgIpc) is 2.27. The van der Waals surface area contributed by atoms with Crippen molar-refractivity contribution in [1.29, 1.82) is 0 Å². The van der Waals surface area contributed by atoms with Crippen LogP contribution in [0.2, 0.25) is 0 Å². The van der Waals surface area contributed by atoms with E-state index in [1.54, 1.807) is 0 Å². The molecule has 0 aliphatic carbocycles. The topological polar surface area (TPSA) is 26.8 Å². The fourth-order valence-corrected chi connectivity index (χ4v) is 2.69. The quantitative estimate of drug-likeness (QED) is 0.740. The highest BCUT2D eigenvalue weighted by Crippen LogP contribution is 2.16. The van der Waals surface area contributed by atoms with E-state index in [2.05, 4.69) is 44.7 Å². The van der Waals surface area contributed by atoms with Crippen LogP contribution in [0.15, 0.2) is 0 Å². The number of nitrogens with zero attached hydrogens (tertiary/aromatic N) is 3. The van der Waals surface area contributed by atoms with E-state index in [1.165, 1.54) is 0 Å². The van der Waals surface area contributed by atoms with Crippen molar-refractivity contribution in [1.82, 2.24) is 14.7 Å². The lowest BCUT2D eigenvalue weighted by molar-refractivity contribution is -0.135. The van der Waals surface area contributed by atoms with Crippen molar-refractivity contribution in [2.75, 3.05) is 40.3 Å². The van der Waals surface area contributed by atoms with Crippen molar-refractivity contribution in [3.8, 4) is 0 Å². The minimum absolute atomic E-state index is 0.323. The summed E-state index contributed by atoms with van der Waals surface area (Å²) < 4.78 is 0. The lowest BCUT2D eigenvalue weighted by Gasteiger charge is -2.44. The summed E-state index contributed by atoms with van der Waals surface area (Å²) in [4.78, 5) is 18.7. The highest BCUT2D eigenvalue weighted by molar-refractivity contribution is 5.76. The molecule has 4 heteroatoms. The van der Waals surface area contributed by atoms with E-state index in [0.717, 1.165) is 32.6 Å². The Hall–Kier alpha value is -0.610. The lowest BCUT2D eigenvalue weighted by Crippen LogP contribution is -2.58. The number of rotatable bonds is 5. The minimum Gasteiger partial charge on any atom is -0.340 e. The van der Waals surface area contributed by atoms with Gasteiger partial charge >= 0.3 is 0 Å². The maximum atomic E-state index is 12.0. The minimum atomic E-state index is 0.323. The van der Waals surface area contributed by atoms with Gasteiger partial charge in [-0.05, 0) is 34.4 Å². The van der Waals surface area contributed by atoms with Crippen molar-refractivity contribution in [2.45, 2.75) is 45.7 Å². The van der Waals surface area contributed by atoms with E-state index in [4.69, 9.17) is 0 Å². The maximum Gasteiger partial charge on any atom is 0.222 e. The number of carbonyl (C=O) groups is 1. The Morgan fingerprint density at radius 1 is 1.22 bits per heavy atom. The second-order valence-corrected chi connectivity index (χ2v) is 5.79. The largest absolute Gasteiger partial charge is 0.340 e. The Bertz CT molecular complexity index is 256. The van der Waals surface area contributed by atoms with Crippen molar-refractivity contribution in [3.63, 3.8) is 0 Å². The van der Waals surface area contributed by atoms with Gasteiger partial charge < -0.3 is 9.80 Å². The SMILES string of the molecule is CCCC(=O)N1CC(C)N(CCN(C)C)C(C)C1. The van der Waals surface area contributed by atoms with Gasteiger partial charge in [-0.15, -0.1) is 0 Å². The third kappa shape index (κ3) is 4.25. The van der Waals surface area contributed by atoms with Crippen molar-refractivity contribution in [3.05, 3.63) is 0 Å². The third-order valence-electron chi connectivity index (χ3n) is 3.72. The van der Waals surface area contributed by atoms with Crippen LogP contribution in [-0.2, 0) is 4.79 Å². The second kappa shape index (κ2) is 7.10. The molecule has 1 rings (SSSR count). The predicted molar refractivity (Wildman–Crippen MR) is 75.7 cm³/mol. The first kappa shape index (κ1) is 15.4. The zero-order chi connectivity index (χ0) is 13.7. The first-order chi connectivity index (χ1) is 8.45. The molecule has 1 amide bonds. The van der Waals surface area contributed by atoms with E-state index in [1.807, 2.05) is 4.90 Å². The number of piperazine rings is 1. The van der Waals surface area contributed by atoms with Crippen LogP contribution in [0, 0.1) is 0 Å². The first-order valence-corrected chi connectivity index (χ1v) is 7.14. The highest BCUT2D eigenvalue weighted by Gasteiger charge is 2.30. The fourth-order valence-electron chi connectivity index (χ4n) is 2.69. The highest BCUT2D eigenvalue weighted by atomic mass is 16.2. The summed E-state index contributed by atoms with van der Waals surface area (Å²) >= 11 is 0. The van der Waals surface area contributed by atoms with Crippen molar-refractivity contribution in [2.24, 2.45) is 0 Å². The van der Waals surface area contributed by atoms with Crippen molar-refractivity contribution >= 4 is 5.91 Å². The van der Waals surface area contributed by atoms with Gasteiger partial charge in [0.2, 0.25) is 5.91 Å². The average molecular weight is 255 g/mol. The predicted octanol–water partition coefficient (Wildman–Crippen LogP) is 1.27. The van der Waals surface area contributed by atoms with Crippen LogP contribution in [0.25, 0.3) is 0 Å². The molecule has 1 saturated heterocycles. The summed E-state index contributed by atoms with van der Waals surface area (Å²) in [6.45, 7) is 10.5. The summed E-state index contributed by atoms with van der Waals surface area (Å²) in [7, 11) is 4.21. The Morgan fingerprint density at radius 2 is 1.78 bits per heavy atom. The number of likely N-dealkylation sites (N-methyl/N-ethyl adjacent to an activating group) is 1. The van der Waals surface area contributed by atoms with Crippen molar-refractivity contribution < 1.29 is 4.79 Å². The molecule has 0 aromatic heterocycles. The molecule has 18 heavy (non-hydrogen) atoms. The van der Waals surface area contributed by atoms with Gasteiger partial charge in [-0.1, -0.05) is 6.92 Å². The molecule has 0 radical (unpaired) electrons. The molecule has 106 valence electrons. The fraction of sp³-hybridized carbons (Fsp3) is 0.929. The van der Waals surface area contributed by atoms with Gasteiger partial charge in [0.15, 0.2) is 0 Å². The Morgan fingerprint density at radius 3 is 2.22 bits per heavy atom. The van der Waals surface area contributed by atoms with Gasteiger partial charge in [0, 0.05) is 44.7 Å². The molecule has 1 fully saturated rings. The van der Waals surface area contributed by atoms with Crippen LogP contribution in [0.4, 0.5) is 0 Å². The zero-order valence-electron chi connectivity index (χ0n) is 12.6. The summed E-state index contributed by atoms with van der Waals surface area (Å²) in [5.74, 6) is 0.323. The lowest BCUT2D eigenvalue weighted by atomic mass is 10.1. The molecule has 1 aliphatic heterocycles. The van der Waals surface area contributed by atoms with Crippen LogP contribution >= 0.6 is 0 Å². The molecule has 0 aromatic rings. The normalized spacial score (nSPS) is 25.8. The van der Waals surface area contributed by atoms with Gasteiger partial charge in [0.25, 0.3) is 0 Å². The van der Waals surface area contributed by atoms with Crippen LogP contribution in [0.5, 0.6) is 0 Å². The standard InChI is InChI=1S/C14H29N3O/c1-6-7-14(18)16-10-12(2)17(13(3)11-16)9-8-15(4)5/h12-13H,6-11H2,1-5H3. The second-order valence-electron chi connectivity index (χ2n) is 5.79. The molecular formula is C14H29N3O. The number of amides is 1. The molecule has 4 nitrogen and oxygen atoms in total. The van der Waals surface area contributed by atoms with Gasteiger partial charge in [-0.25, -0.2) is 0 Å². The summed E-state index contributed by atoms with van der Waals surface area (Å²) in [5.41, 5.74) is 0. The Labute approximate surface area is 112 Å². The molecule has 2 unspecified atom stereocenters.